The van der Waals surface area contributed by atoms with Gasteiger partial charge in [-0.2, -0.15) is 0 Å². The fourth-order valence-electron chi connectivity index (χ4n) is 2.35. The van der Waals surface area contributed by atoms with Gasteiger partial charge in [-0.3, -0.25) is 4.79 Å². The minimum atomic E-state index is -0.0536. The van der Waals surface area contributed by atoms with Crippen molar-refractivity contribution in [1.29, 1.82) is 0 Å². The Hall–Kier alpha value is -2.67. The van der Waals surface area contributed by atoms with Crippen LogP contribution in [0.25, 0.3) is 11.0 Å². The molecule has 136 valence electrons. The number of imidazole rings is 1. The van der Waals surface area contributed by atoms with Crippen LogP contribution in [0.1, 0.15) is 6.92 Å². The van der Waals surface area contributed by atoms with Gasteiger partial charge < -0.3 is 19.8 Å². The fraction of sp³-hybridized carbons (Fsp3) is 0.263. The molecule has 26 heavy (non-hydrogen) atoms. The van der Waals surface area contributed by atoms with Crippen molar-refractivity contribution >= 4 is 28.7 Å². The molecule has 6 nitrogen and oxygen atoms in total. The number of carbonyl (C=O) groups excluding carboxylic acids is 1. The second kappa shape index (κ2) is 9.15. The van der Waals surface area contributed by atoms with Crippen molar-refractivity contribution in [3.05, 3.63) is 48.5 Å². The Balaban J connectivity index is 1.41. The summed E-state index contributed by atoms with van der Waals surface area (Å²) in [6.07, 6.45) is 0. The number of nitrogens with one attached hydrogen (secondary N) is 2. The van der Waals surface area contributed by atoms with E-state index in [1.54, 1.807) is 0 Å². The average Bonchev–Trinajstić information content (AvgIpc) is 3.07. The van der Waals surface area contributed by atoms with E-state index in [4.69, 9.17) is 9.47 Å². The number of benzene rings is 2. The average molecular weight is 371 g/mol. The lowest BCUT2D eigenvalue weighted by Gasteiger charge is -2.07. The van der Waals surface area contributed by atoms with Gasteiger partial charge in [0.05, 0.1) is 29.9 Å². The number of hydrogen-bond acceptors (Lipinski definition) is 5. The highest BCUT2D eigenvalue weighted by Crippen LogP contribution is 2.23. The van der Waals surface area contributed by atoms with Gasteiger partial charge in [0.25, 0.3) is 0 Å². The third kappa shape index (κ3) is 5.16. The lowest BCUT2D eigenvalue weighted by molar-refractivity contribution is -0.118. The van der Waals surface area contributed by atoms with E-state index in [1.807, 2.05) is 55.5 Å². The summed E-state index contributed by atoms with van der Waals surface area (Å²) in [4.78, 5) is 19.6. The van der Waals surface area contributed by atoms with E-state index in [2.05, 4.69) is 15.3 Å². The van der Waals surface area contributed by atoms with Crippen LogP contribution in [0, 0.1) is 0 Å². The molecule has 0 aliphatic carbocycles. The van der Waals surface area contributed by atoms with Crippen LogP contribution in [0.2, 0.25) is 0 Å². The van der Waals surface area contributed by atoms with E-state index >= 15 is 0 Å². The van der Waals surface area contributed by atoms with Crippen LogP contribution in [-0.4, -0.2) is 41.4 Å². The molecule has 3 aromatic rings. The summed E-state index contributed by atoms with van der Waals surface area (Å²) in [5.41, 5.74) is 1.75. The molecular formula is C19H21N3O3S. The fourth-order valence-corrected chi connectivity index (χ4v) is 3.07. The summed E-state index contributed by atoms with van der Waals surface area (Å²) < 4.78 is 11.0. The Morgan fingerprint density at radius 2 is 2.00 bits per heavy atom. The summed E-state index contributed by atoms with van der Waals surface area (Å²) in [7, 11) is 0. The molecule has 0 bridgehead atoms. The second-order valence-electron chi connectivity index (χ2n) is 5.45. The molecule has 0 unspecified atom stereocenters. The number of thioether (sulfide) groups is 1. The quantitative estimate of drug-likeness (QED) is 0.446. The van der Waals surface area contributed by atoms with Crippen LogP contribution in [0.4, 0.5) is 0 Å². The van der Waals surface area contributed by atoms with E-state index in [9.17, 15) is 4.79 Å². The van der Waals surface area contributed by atoms with Gasteiger partial charge in [0.15, 0.2) is 5.16 Å². The van der Waals surface area contributed by atoms with Crippen molar-refractivity contribution in [3.8, 4) is 11.5 Å². The van der Waals surface area contributed by atoms with Crippen LogP contribution in [0.3, 0.4) is 0 Å². The Morgan fingerprint density at radius 3 is 2.81 bits per heavy atom. The van der Waals surface area contributed by atoms with E-state index in [0.29, 0.717) is 30.7 Å². The van der Waals surface area contributed by atoms with Crippen LogP contribution < -0.4 is 14.8 Å². The Bertz CT molecular complexity index is 852. The molecular weight excluding hydrogens is 350 g/mol. The maximum atomic E-state index is 11.9. The lowest BCUT2D eigenvalue weighted by atomic mass is 10.3. The number of H-pyrrole nitrogens is 1. The molecule has 0 atom stereocenters. The van der Waals surface area contributed by atoms with Crippen molar-refractivity contribution in [2.75, 3.05) is 25.5 Å². The standard InChI is InChI=1S/C19H21N3O3S/c1-2-24-15-8-9-16-17(12-15)22-19(21-16)26-13-18(23)20-10-11-25-14-6-4-3-5-7-14/h3-9,12H,2,10-11,13H2,1H3,(H,20,23)(H,21,22). The summed E-state index contributed by atoms with van der Waals surface area (Å²) >= 11 is 1.37. The number of rotatable bonds is 9. The van der Waals surface area contributed by atoms with Gasteiger partial charge in [-0.05, 0) is 31.2 Å². The summed E-state index contributed by atoms with van der Waals surface area (Å²) in [5.74, 6) is 1.84. The maximum Gasteiger partial charge on any atom is 0.230 e. The SMILES string of the molecule is CCOc1ccc2nc(SCC(=O)NCCOc3ccccc3)[nH]c2c1. The van der Waals surface area contributed by atoms with Crippen molar-refractivity contribution in [2.24, 2.45) is 0 Å². The topological polar surface area (TPSA) is 76.2 Å². The molecule has 0 fully saturated rings. The van der Waals surface area contributed by atoms with Gasteiger partial charge in [0.2, 0.25) is 5.91 Å². The zero-order chi connectivity index (χ0) is 18.2. The van der Waals surface area contributed by atoms with Crippen molar-refractivity contribution in [1.82, 2.24) is 15.3 Å². The van der Waals surface area contributed by atoms with E-state index in [-0.39, 0.29) is 5.91 Å². The van der Waals surface area contributed by atoms with Crippen LogP contribution >= 0.6 is 11.8 Å². The number of ether oxygens (including phenoxy) is 2. The number of amides is 1. The summed E-state index contributed by atoms with van der Waals surface area (Å²) in [5, 5.41) is 3.55. The van der Waals surface area contributed by atoms with Gasteiger partial charge in [0, 0.05) is 6.07 Å². The van der Waals surface area contributed by atoms with Gasteiger partial charge in [0.1, 0.15) is 18.1 Å². The first kappa shape index (κ1) is 18.1. The number of fused-ring (bicyclic) bond motifs is 1. The molecule has 0 spiro atoms. The zero-order valence-electron chi connectivity index (χ0n) is 14.5. The summed E-state index contributed by atoms with van der Waals surface area (Å²) in [6.45, 7) is 3.47. The third-order valence-corrected chi connectivity index (χ3v) is 4.39. The molecule has 7 heteroatoms. The number of nitrogens with zero attached hydrogens (tertiary/aromatic N) is 1. The predicted octanol–water partition coefficient (Wildman–Crippen LogP) is 3.25. The molecule has 2 aromatic carbocycles. The maximum absolute atomic E-state index is 11.9. The highest BCUT2D eigenvalue weighted by atomic mass is 32.2. The molecule has 0 saturated heterocycles. The molecule has 2 N–H and O–H groups in total. The molecule has 1 heterocycles. The smallest absolute Gasteiger partial charge is 0.230 e. The monoisotopic (exact) mass is 371 g/mol. The predicted molar refractivity (Wildman–Crippen MR) is 103 cm³/mol. The summed E-state index contributed by atoms with van der Waals surface area (Å²) in [6, 6.07) is 15.2. The number of aromatic amines is 1. The number of para-hydroxylation sites is 1. The number of hydrogen-bond donors (Lipinski definition) is 2. The normalized spacial score (nSPS) is 10.7. The minimum Gasteiger partial charge on any atom is -0.494 e. The second-order valence-corrected chi connectivity index (χ2v) is 6.42. The van der Waals surface area contributed by atoms with Crippen LogP contribution in [-0.2, 0) is 4.79 Å². The lowest BCUT2D eigenvalue weighted by Crippen LogP contribution is -2.29. The number of carbonyl (C=O) groups is 1. The van der Waals surface area contributed by atoms with E-state index in [1.165, 1.54) is 11.8 Å². The van der Waals surface area contributed by atoms with Gasteiger partial charge in [-0.1, -0.05) is 30.0 Å². The molecule has 0 aliphatic heterocycles. The van der Waals surface area contributed by atoms with Crippen molar-refractivity contribution < 1.29 is 14.3 Å². The van der Waals surface area contributed by atoms with E-state index in [0.717, 1.165) is 22.5 Å². The largest absolute Gasteiger partial charge is 0.494 e. The Kier molecular flexibility index (Phi) is 6.38. The minimum absolute atomic E-state index is 0.0536. The molecule has 1 amide bonds. The first-order valence-electron chi connectivity index (χ1n) is 8.44. The zero-order valence-corrected chi connectivity index (χ0v) is 15.3. The first-order valence-corrected chi connectivity index (χ1v) is 9.43. The Morgan fingerprint density at radius 1 is 1.15 bits per heavy atom. The molecule has 3 rings (SSSR count). The molecule has 0 saturated carbocycles. The van der Waals surface area contributed by atoms with Gasteiger partial charge in [-0.15, -0.1) is 0 Å². The Labute approximate surface area is 156 Å². The molecule has 0 aliphatic rings. The first-order chi connectivity index (χ1) is 12.7. The molecule has 0 radical (unpaired) electrons. The van der Waals surface area contributed by atoms with Crippen LogP contribution in [0.5, 0.6) is 11.5 Å². The highest BCUT2D eigenvalue weighted by Gasteiger charge is 2.08. The van der Waals surface area contributed by atoms with Gasteiger partial charge in [-0.25, -0.2) is 4.98 Å². The van der Waals surface area contributed by atoms with E-state index < -0.39 is 0 Å². The third-order valence-electron chi connectivity index (χ3n) is 3.52. The number of aromatic nitrogens is 2. The van der Waals surface area contributed by atoms with Gasteiger partial charge >= 0.3 is 0 Å². The van der Waals surface area contributed by atoms with Crippen molar-refractivity contribution in [2.45, 2.75) is 12.1 Å². The molecule has 1 aromatic heterocycles. The van der Waals surface area contributed by atoms with Crippen LogP contribution in [0.15, 0.2) is 53.7 Å². The van der Waals surface area contributed by atoms with Crippen molar-refractivity contribution in [3.63, 3.8) is 0 Å². The highest BCUT2D eigenvalue weighted by molar-refractivity contribution is 7.99.